The first-order chi connectivity index (χ1) is 14.4. The Labute approximate surface area is 168 Å². The fourth-order valence-electron chi connectivity index (χ4n) is 3.20. The van der Waals surface area contributed by atoms with E-state index in [1.54, 1.807) is 24.3 Å². The molecule has 1 aromatic heterocycles. The van der Waals surface area contributed by atoms with Crippen molar-refractivity contribution >= 4 is 5.71 Å². The lowest BCUT2D eigenvalue weighted by molar-refractivity contribution is -0.137. The maximum absolute atomic E-state index is 12.8. The Hall–Kier alpha value is -4.55. The van der Waals surface area contributed by atoms with Gasteiger partial charge in [-0.25, -0.2) is 9.97 Å². The third kappa shape index (κ3) is 2.94. The van der Waals surface area contributed by atoms with Crippen molar-refractivity contribution in [3.63, 3.8) is 0 Å². The van der Waals surface area contributed by atoms with Gasteiger partial charge >= 0.3 is 6.18 Å². The zero-order valence-corrected chi connectivity index (χ0v) is 14.9. The van der Waals surface area contributed by atoms with E-state index in [1.165, 1.54) is 12.1 Å². The van der Waals surface area contributed by atoms with Gasteiger partial charge in [0.15, 0.2) is 17.1 Å². The van der Waals surface area contributed by atoms with Crippen LogP contribution in [0.4, 0.5) is 13.2 Å². The number of halogens is 3. The highest BCUT2D eigenvalue weighted by molar-refractivity contribution is 6.23. The zero-order valence-electron chi connectivity index (χ0n) is 14.9. The van der Waals surface area contributed by atoms with Gasteiger partial charge in [-0.3, -0.25) is 0 Å². The number of alkyl halides is 3. The highest BCUT2D eigenvalue weighted by Gasteiger charge is 2.33. The van der Waals surface area contributed by atoms with Gasteiger partial charge in [0.1, 0.15) is 23.5 Å². The van der Waals surface area contributed by atoms with Crippen molar-refractivity contribution in [2.45, 2.75) is 6.18 Å². The van der Waals surface area contributed by atoms with Crippen LogP contribution in [0, 0.1) is 29.2 Å². The van der Waals surface area contributed by atoms with Gasteiger partial charge in [0.25, 0.3) is 0 Å². The fraction of sp³-hybridized carbons (Fsp3) is 0.0476. The molecular weight excluding hydrogens is 393 g/mol. The Morgan fingerprint density at radius 2 is 1.47 bits per heavy atom. The van der Waals surface area contributed by atoms with Crippen LogP contribution in [-0.4, -0.2) is 15.7 Å². The van der Waals surface area contributed by atoms with Crippen LogP contribution in [-0.2, 0) is 6.18 Å². The molecule has 0 radical (unpaired) electrons. The highest BCUT2D eigenvalue weighted by Crippen LogP contribution is 2.38. The van der Waals surface area contributed by atoms with Gasteiger partial charge in [0.05, 0.1) is 10.7 Å². The number of hydrogen-bond acceptors (Lipinski definition) is 5. The Kier molecular flexibility index (Phi) is 4.26. The summed E-state index contributed by atoms with van der Waals surface area (Å²) in [7, 11) is 0. The molecular formula is C21H7F3N6. The first-order valence-corrected chi connectivity index (χ1v) is 8.37. The summed E-state index contributed by atoms with van der Waals surface area (Å²) in [6, 6.07) is 13.4. The van der Waals surface area contributed by atoms with Gasteiger partial charge in [0, 0.05) is 11.1 Å². The molecule has 0 bridgehead atoms. The van der Waals surface area contributed by atoms with E-state index in [-0.39, 0.29) is 28.5 Å². The minimum absolute atomic E-state index is 0.161. The molecule has 0 unspecified atom stereocenters. The van der Waals surface area contributed by atoms with Crippen molar-refractivity contribution in [3.05, 3.63) is 82.2 Å². The summed E-state index contributed by atoms with van der Waals surface area (Å²) in [5.41, 5.74) is 1.86. The summed E-state index contributed by atoms with van der Waals surface area (Å²) in [4.78, 5) is 11.4. The summed E-state index contributed by atoms with van der Waals surface area (Å²) in [6.45, 7) is 7.05. The second-order valence-corrected chi connectivity index (χ2v) is 6.23. The van der Waals surface area contributed by atoms with E-state index in [4.69, 9.17) is 6.57 Å². The third-order valence-corrected chi connectivity index (χ3v) is 4.56. The highest BCUT2D eigenvalue weighted by atomic mass is 19.4. The molecule has 30 heavy (non-hydrogen) atoms. The summed E-state index contributed by atoms with van der Waals surface area (Å²) in [5, 5.41) is 22.2. The summed E-state index contributed by atoms with van der Waals surface area (Å²) < 4.78 is 38.4. The molecule has 0 spiro atoms. The largest absolute Gasteiger partial charge is 0.416 e. The lowest BCUT2D eigenvalue weighted by Crippen LogP contribution is -2.05. The minimum atomic E-state index is -4.43. The lowest BCUT2D eigenvalue weighted by Gasteiger charge is -2.09. The van der Waals surface area contributed by atoms with E-state index in [0.717, 1.165) is 12.1 Å². The lowest BCUT2D eigenvalue weighted by atomic mass is 9.99. The quantitative estimate of drug-likeness (QED) is 0.346. The van der Waals surface area contributed by atoms with Crippen LogP contribution in [0.3, 0.4) is 0 Å². The number of nitriles is 2. The predicted molar refractivity (Wildman–Crippen MR) is 99.6 cm³/mol. The van der Waals surface area contributed by atoms with E-state index in [0.29, 0.717) is 22.3 Å². The minimum Gasteiger partial charge on any atom is -0.232 e. The van der Waals surface area contributed by atoms with E-state index in [2.05, 4.69) is 20.0 Å². The van der Waals surface area contributed by atoms with E-state index in [1.807, 2.05) is 6.07 Å². The Morgan fingerprint density at radius 1 is 0.867 bits per heavy atom. The molecule has 0 N–H and O–H groups in total. The molecule has 1 heterocycles. The number of hydrogen-bond donors (Lipinski definition) is 0. The molecule has 0 saturated heterocycles. The molecule has 142 valence electrons. The van der Waals surface area contributed by atoms with Crippen molar-refractivity contribution in [1.29, 1.82) is 10.5 Å². The monoisotopic (exact) mass is 400 g/mol. The Bertz CT molecular complexity index is 1350. The normalized spacial score (nSPS) is 13.1. The van der Waals surface area contributed by atoms with Crippen LogP contribution in [0.15, 0.2) is 47.6 Å². The van der Waals surface area contributed by atoms with Gasteiger partial charge in [-0.2, -0.15) is 30.3 Å². The van der Waals surface area contributed by atoms with Crippen LogP contribution in [0.5, 0.6) is 0 Å². The molecule has 0 aliphatic heterocycles. The first-order valence-electron chi connectivity index (χ1n) is 8.37. The molecule has 0 saturated carbocycles. The molecule has 2 aromatic carbocycles. The topological polar surface area (TPSA) is 90.1 Å². The smallest absolute Gasteiger partial charge is 0.232 e. The van der Waals surface area contributed by atoms with Gasteiger partial charge in [-0.05, 0) is 29.3 Å². The second-order valence-electron chi connectivity index (χ2n) is 6.23. The van der Waals surface area contributed by atoms with Crippen LogP contribution in [0.2, 0.25) is 0 Å². The average Bonchev–Trinajstić information content (AvgIpc) is 3.04. The Balaban J connectivity index is 1.89. The number of nitrogens with zero attached hydrogens (tertiary/aromatic N) is 6. The second kappa shape index (κ2) is 6.80. The van der Waals surface area contributed by atoms with Crippen molar-refractivity contribution in [3.8, 4) is 34.5 Å². The number of rotatable bonds is 1. The summed E-state index contributed by atoms with van der Waals surface area (Å²) in [5.74, 6) is 0. The number of fused-ring (bicyclic) bond motifs is 3. The standard InChI is InChI=1S/C21H7F3N6/c1-27-30-19-14-7-4-12(11-2-5-13(6-3-11)21(22,23)24)8-15(14)18-20(19)29-17(10-26)16(9-25)28-18/h2-8H. The van der Waals surface area contributed by atoms with Gasteiger partial charge < -0.3 is 0 Å². The van der Waals surface area contributed by atoms with E-state index in [9.17, 15) is 23.7 Å². The Morgan fingerprint density at radius 3 is 2.03 bits per heavy atom. The van der Waals surface area contributed by atoms with Crippen LogP contribution >= 0.6 is 0 Å². The number of benzene rings is 2. The third-order valence-electron chi connectivity index (χ3n) is 4.56. The number of aromatic nitrogens is 2. The van der Waals surface area contributed by atoms with Crippen LogP contribution in [0.1, 0.15) is 28.2 Å². The van der Waals surface area contributed by atoms with Crippen LogP contribution < -0.4 is 0 Å². The average molecular weight is 400 g/mol. The fourth-order valence-corrected chi connectivity index (χ4v) is 3.20. The zero-order chi connectivity index (χ0) is 21.5. The van der Waals surface area contributed by atoms with E-state index >= 15 is 0 Å². The molecule has 0 atom stereocenters. The van der Waals surface area contributed by atoms with E-state index < -0.39 is 11.7 Å². The maximum Gasteiger partial charge on any atom is 0.416 e. The molecule has 4 rings (SSSR count). The maximum atomic E-state index is 12.8. The first kappa shape index (κ1) is 18.8. The molecule has 3 aromatic rings. The van der Waals surface area contributed by atoms with Gasteiger partial charge in [-0.15, -0.1) is 4.95 Å². The molecule has 1 aliphatic rings. The van der Waals surface area contributed by atoms with Gasteiger partial charge in [-0.1, -0.05) is 24.3 Å². The predicted octanol–water partition coefficient (Wildman–Crippen LogP) is 4.56. The summed E-state index contributed by atoms with van der Waals surface area (Å²) >= 11 is 0. The van der Waals surface area contributed by atoms with Crippen LogP contribution in [0.25, 0.3) is 27.3 Å². The molecule has 0 fully saturated rings. The molecule has 0 amide bonds. The molecule has 9 heteroatoms. The van der Waals surface area contributed by atoms with Crippen molar-refractivity contribution in [2.24, 2.45) is 5.10 Å². The van der Waals surface area contributed by atoms with Crippen molar-refractivity contribution < 1.29 is 13.2 Å². The summed E-state index contributed by atoms with van der Waals surface area (Å²) in [6.07, 6.45) is -4.43. The van der Waals surface area contributed by atoms with Crippen molar-refractivity contribution in [1.82, 2.24) is 9.97 Å². The molecule has 6 nitrogen and oxygen atoms in total. The molecule has 1 aliphatic carbocycles. The van der Waals surface area contributed by atoms with Gasteiger partial charge in [0.2, 0.25) is 0 Å². The van der Waals surface area contributed by atoms with Crippen molar-refractivity contribution in [2.75, 3.05) is 0 Å². The SMILES string of the molecule is [C-]#[N+]N=C1c2ccc(-c3ccc(C(F)(F)F)cc3)cc2-c2nc(C#N)c(C#N)nc21.